The molecule has 1 rings (SSSR count). The van der Waals surface area contributed by atoms with Crippen molar-refractivity contribution in [1.29, 1.82) is 0 Å². The van der Waals surface area contributed by atoms with Crippen LogP contribution in [0.4, 0.5) is 4.79 Å². The molecule has 0 radical (unpaired) electrons. The number of ether oxygens (including phenoxy) is 3. The molecule has 6 atom stereocenters. The molecule has 2 N–H and O–H groups in total. The molecule has 0 spiro atoms. The van der Waals surface area contributed by atoms with Crippen molar-refractivity contribution in [2.24, 2.45) is 11.8 Å². The summed E-state index contributed by atoms with van der Waals surface area (Å²) in [5.41, 5.74) is -0.656. The van der Waals surface area contributed by atoms with Gasteiger partial charge in [0.25, 0.3) is 0 Å². The van der Waals surface area contributed by atoms with E-state index in [0.29, 0.717) is 6.54 Å². The van der Waals surface area contributed by atoms with Gasteiger partial charge in [0.05, 0.1) is 19.1 Å². The van der Waals surface area contributed by atoms with Crippen molar-refractivity contribution >= 4 is 18.0 Å². The van der Waals surface area contributed by atoms with Crippen molar-refractivity contribution in [3.63, 3.8) is 0 Å². The molecule has 0 unspecified atom stereocenters. The molecule has 9 nitrogen and oxygen atoms in total. The van der Waals surface area contributed by atoms with E-state index in [0.717, 1.165) is 18.4 Å². The Hall–Kier alpha value is -2.65. The second kappa shape index (κ2) is 16.3. The van der Waals surface area contributed by atoms with Gasteiger partial charge in [0, 0.05) is 32.4 Å². The van der Waals surface area contributed by atoms with Crippen molar-refractivity contribution in [2.45, 2.75) is 97.6 Å². The van der Waals surface area contributed by atoms with Crippen molar-refractivity contribution in [3.05, 3.63) is 36.0 Å². The number of aliphatic hydroxyl groups excluding tert-OH is 1. The van der Waals surface area contributed by atoms with Crippen LogP contribution in [0.2, 0.25) is 0 Å². The molecule has 0 bridgehead atoms. The van der Waals surface area contributed by atoms with Gasteiger partial charge in [0.2, 0.25) is 0 Å². The minimum atomic E-state index is -1.42. The van der Waals surface area contributed by atoms with E-state index in [1.165, 1.54) is 6.92 Å². The lowest BCUT2D eigenvalue weighted by molar-refractivity contribution is -0.157. The highest BCUT2D eigenvalue weighted by Crippen LogP contribution is 2.27. The lowest BCUT2D eigenvalue weighted by Crippen LogP contribution is -2.42. The van der Waals surface area contributed by atoms with Crippen LogP contribution in [-0.4, -0.2) is 77.3 Å². The van der Waals surface area contributed by atoms with Crippen molar-refractivity contribution < 1.29 is 38.8 Å². The van der Waals surface area contributed by atoms with Crippen LogP contribution in [-0.2, 0) is 23.8 Å². The average molecular weight is 538 g/mol. The van der Waals surface area contributed by atoms with Crippen LogP contribution in [0.25, 0.3) is 0 Å². The predicted octanol–water partition coefficient (Wildman–Crippen LogP) is 4.33. The van der Waals surface area contributed by atoms with Crippen molar-refractivity contribution in [3.8, 4) is 0 Å². The largest absolute Gasteiger partial charge is 0.457 e. The third-order valence-corrected chi connectivity index (χ3v) is 6.49. The zero-order chi connectivity index (χ0) is 28.9. The fourth-order valence-corrected chi connectivity index (χ4v) is 3.98. The van der Waals surface area contributed by atoms with Crippen LogP contribution in [0.15, 0.2) is 36.0 Å². The van der Waals surface area contributed by atoms with Crippen molar-refractivity contribution in [2.75, 3.05) is 20.2 Å². The Kier molecular flexibility index (Phi) is 14.4. The predicted molar refractivity (Wildman–Crippen MR) is 145 cm³/mol. The number of esters is 2. The summed E-state index contributed by atoms with van der Waals surface area (Å²) in [4.78, 5) is 37.8. The summed E-state index contributed by atoms with van der Waals surface area (Å²) in [6.45, 7) is 11.4. The van der Waals surface area contributed by atoms with E-state index in [1.807, 2.05) is 39.0 Å². The highest BCUT2D eigenvalue weighted by Gasteiger charge is 2.35. The Morgan fingerprint density at radius 1 is 1.32 bits per heavy atom. The molecule has 1 amide bonds. The molecule has 0 fully saturated rings. The second-order valence-electron chi connectivity index (χ2n) is 10.6. The summed E-state index contributed by atoms with van der Waals surface area (Å²) in [6.07, 6.45) is 8.01. The monoisotopic (exact) mass is 537 g/mol. The van der Waals surface area contributed by atoms with Crippen LogP contribution in [0, 0.1) is 11.8 Å². The van der Waals surface area contributed by atoms with E-state index in [-0.39, 0.29) is 43.8 Å². The number of cyclic esters (lactones) is 1. The van der Waals surface area contributed by atoms with E-state index in [9.17, 15) is 24.6 Å². The summed E-state index contributed by atoms with van der Waals surface area (Å²) in [7, 11) is 1.72. The molecule has 0 aromatic heterocycles. The number of aliphatic hydroxyl groups is 2. The van der Waals surface area contributed by atoms with Crippen LogP contribution in [0.5, 0.6) is 0 Å². The maximum Gasteiger partial charge on any atom is 0.409 e. The molecule has 38 heavy (non-hydrogen) atoms. The lowest BCUT2D eigenvalue weighted by atomic mass is 9.88. The molecule has 1 aliphatic heterocycles. The summed E-state index contributed by atoms with van der Waals surface area (Å²) in [5.74, 6) is -1.41. The maximum absolute atomic E-state index is 12.6. The molecule has 216 valence electrons. The number of hydrogen-bond acceptors (Lipinski definition) is 8. The van der Waals surface area contributed by atoms with Gasteiger partial charge in [-0.1, -0.05) is 51.5 Å². The quantitative estimate of drug-likeness (QED) is 0.193. The fourth-order valence-electron chi connectivity index (χ4n) is 3.98. The molecule has 1 aliphatic rings. The molecular weight excluding hydrogens is 490 g/mol. The highest BCUT2D eigenvalue weighted by molar-refractivity contribution is 5.70. The number of unbranched alkanes of at least 4 members (excludes halogenated alkanes) is 1. The van der Waals surface area contributed by atoms with E-state index >= 15 is 0 Å². The standard InChI is InChI=1S/C29H47NO8/c1-8-9-17-30(7)28(34)36-19-20(2)11-10-12-21(3)27-22(4)13-14-25(37-23(5)31)29(6,35)16-15-24(32)18-26(33)38-27/h10-14,20,22,24-25,27,32,35H,8-9,15-19H2,1-7H3/b11-10+,14-13+,21-12+/t20-,22-,24-,25+,27+,29-/m0/s1. The first-order valence-electron chi connectivity index (χ1n) is 13.4. The lowest BCUT2D eigenvalue weighted by Gasteiger charge is -2.32. The first-order chi connectivity index (χ1) is 17.8. The number of allylic oxidation sites excluding steroid dienone is 2. The Morgan fingerprint density at radius 2 is 2.00 bits per heavy atom. The zero-order valence-corrected chi connectivity index (χ0v) is 24.0. The van der Waals surface area contributed by atoms with Gasteiger partial charge in [-0.2, -0.15) is 0 Å². The summed E-state index contributed by atoms with van der Waals surface area (Å²) >= 11 is 0. The number of hydrogen-bond donors (Lipinski definition) is 2. The Labute approximate surface area is 227 Å². The molecule has 0 aromatic rings. The smallest absolute Gasteiger partial charge is 0.409 e. The maximum atomic E-state index is 12.6. The zero-order valence-electron chi connectivity index (χ0n) is 24.0. The first kappa shape index (κ1) is 33.4. The van der Waals surface area contributed by atoms with Crippen LogP contribution in [0.3, 0.4) is 0 Å². The Balaban J connectivity index is 2.99. The van der Waals surface area contributed by atoms with Gasteiger partial charge < -0.3 is 29.3 Å². The first-order valence-corrected chi connectivity index (χ1v) is 13.4. The molecule has 0 aromatic carbocycles. The Bertz CT molecular complexity index is 863. The molecule has 1 heterocycles. The van der Waals surface area contributed by atoms with Crippen LogP contribution < -0.4 is 0 Å². The van der Waals surface area contributed by atoms with Gasteiger partial charge in [0.1, 0.15) is 17.8 Å². The second-order valence-corrected chi connectivity index (χ2v) is 10.6. The van der Waals surface area contributed by atoms with Crippen LogP contribution >= 0.6 is 0 Å². The Morgan fingerprint density at radius 3 is 2.63 bits per heavy atom. The summed E-state index contributed by atoms with van der Waals surface area (Å²) in [6, 6.07) is 0. The van der Waals surface area contributed by atoms with E-state index in [2.05, 4.69) is 6.92 Å². The van der Waals surface area contributed by atoms with Gasteiger partial charge in [-0.25, -0.2) is 4.79 Å². The minimum Gasteiger partial charge on any atom is -0.457 e. The fraction of sp³-hybridized carbons (Fsp3) is 0.690. The average Bonchev–Trinajstić information content (AvgIpc) is 2.84. The summed E-state index contributed by atoms with van der Waals surface area (Å²) in [5, 5.41) is 21.2. The van der Waals surface area contributed by atoms with Gasteiger partial charge in [-0.3, -0.25) is 9.59 Å². The SMILES string of the molecule is CCCCN(C)C(=O)OC[C@@H](C)/C=C/C=C(\C)[C@H]1OC(=O)C[C@@H](O)CC[C@](C)(O)[C@H](OC(C)=O)/C=C/[C@@H]1C. The van der Waals surface area contributed by atoms with Crippen LogP contribution in [0.1, 0.15) is 73.6 Å². The number of carbonyl (C=O) groups is 3. The molecule has 9 heteroatoms. The van der Waals surface area contributed by atoms with Gasteiger partial charge >= 0.3 is 18.0 Å². The number of rotatable bonds is 9. The van der Waals surface area contributed by atoms with Gasteiger partial charge in [-0.05, 0) is 44.8 Å². The molecular formula is C29H47NO8. The van der Waals surface area contributed by atoms with Gasteiger partial charge in [-0.15, -0.1) is 0 Å². The molecule has 0 aliphatic carbocycles. The topological polar surface area (TPSA) is 123 Å². The number of carbonyl (C=O) groups excluding carboxylic acids is 3. The number of nitrogens with zero attached hydrogens (tertiary/aromatic N) is 1. The van der Waals surface area contributed by atoms with E-state index in [4.69, 9.17) is 14.2 Å². The minimum absolute atomic E-state index is 0.0272. The molecule has 0 saturated heterocycles. The van der Waals surface area contributed by atoms with E-state index in [1.54, 1.807) is 31.0 Å². The highest BCUT2D eigenvalue weighted by atomic mass is 16.6. The number of amides is 1. The third-order valence-electron chi connectivity index (χ3n) is 6.49. The van der Waals surface area contributed by atoms with Crippen molar-refractivity contribution in [1.82, 2.24) is 4.90 Å². The summed E-state index contributed by atoms with van der Waals surface area (Å²) < 4.78 is 16.4. The normalized spacial score (nSPS) is 29.0. The molecule has 0 saturated carbocycles. The van der Waals surface area contributed by atoms with Gasteiger partial charge in [0.15, 0.2) is 0 Å². The van der Waals surface area contributed by atoms with E-state index < -0.39 is 35.9 Å². The third kappa shape index (κ3) is 12.3.